The molecule has 4 nitrogen and oxygen atoms in total. The molecule has 3 aromatic heterocycles. The summed E-state index contributed by atoms with van der Waals surface area (Å²) in [6, 6.07) is 9.63. The normalized spacial score (nSPS) is 11.3. The molecular weight excluding hydrogens is 324 g/mol. The quantitative estimate of drug-likeness (QED) is 0.541. The lowest BCUT2D eigenvalue weighted by atomic mass is 10.2. The third kappa shape index (κ3) is 2.16. The molecule has 0 aliphatic rings. The first kappa shape index (κ1) is 12.9. The lowest BCUT2D eigenvalue weighted by Crippen LogP contribution is -1.90. The number of fused-ring (bicyclic) bond motifs is 1. The molecule has 104 valence electrons. The van der Waals surface area contributed by atoms with Gasteiger partial charge in [0.05, 0.1) is 4.88 Å². The van der Waals surface area contributed by atoms with Crippen LogP contribution in [0.5, 0.6) is 0 Å². The van der Waals surface area contributed by atoms with E-state index in [1.807, 2.05) is 24.3 Å². The van der Waals surface area contributed by atoms with Gasteiger partial charge >= 0.3 is 0 Å². The molecule has 0 saturated carbocycles. The van der Waals surface area contributed by atoms with Crippen LogP contribution in [-0.4, -0.2) is 19.8 Å². The van der Waals surface area contributed by atoms with Gasteiger partial charge in [-0.25, -0.2) is 0 Å². The lowest BCUT2D eigenvalue weighted by molar-refractivity contribution is 0.971. The molecule has 4 aromatic rings. The minimum absolute atomic E-state index is 0.702. The van der Waals surface area contributed by atoms with Crippen LogP contribution in [0.25, 0.3) is 26.2 Å². The summed E-state index contributed by atoms with van der Waals surface area (Å²) in [5.41, 5.74) is 2.18. The van der Waals surface area contributed by atoms with E-state index in [0.29, 0.717) is 5.02 Å². The molecule has 1 aromatic carbocycles. The van der Waals surface area contributed by atoms with Crippen molar-refractivity contribution in [3.63, 3.8) is 0 Å². The van der Waals surface area contributed by atoms with E-state index in [1.165, 1.54) is 10.4 Å². The summed E-state index contributed by atoms with van der Waals surface area (Å²) in [5, 5.41) is 16.9. The first-order valence-corrected chi connectivity index (χ1v) is 8.32. The van der Waals surface area contributed by atoms with Crippen LogP contribution in [0, 0.1) is 6.92 Å². The van der Waals surface area contributed by atoms with Crippen LogP contribution in [0.15, 0.2) is 35.7 Å². The van der Waals surface area contributed by atoms with Gasteiger partial charge in [0.25, 0.3) is 0 Å². The van der Waals surface area contributed by atoms with Crippen LogP contribution in [0.3, 0.4) is 0 Å². The molecule has 4 rings (SSSR count). The Labute approximate surface area is 133 Å². The standard InChI is InChI=1S/C14H9ClN4S2/c1-8-6-7-20-11(8)13-18-19-12(16-17-14(19)21-13)9-2-4-10(15)5-3-9/h2-7H,1H3. The molecule has 0 fully saturated rings. The second-order valence-corrected chi connectivity index (χ2v) is 6.87. The summed E-state index contributed by atoms with van der Waals surface area (Å²) in [7, 11) is 0. The maximum Gasteiger partial charge on any atom is 0.235 e. The average molecular weight is 333 g/mol. The van der Waals surface area contributed by atoms with E-state index in [1.54, 1.807) is 27.2 Å². The van der Waals surface area contributed by atoms with Gasteiger partial charge in [0.2, 0.25) is 4.96 Å². The molecule has 0 amide bonds. The SMILES string of the molecule is Cc1ccsc1-c1nn2c(-c3ccc(Cl)cc3)nnc2s1. The van der Waals surface area contributed by atoms with Crippen molar-refractivity contribution in [2.45, 2.75) is 6.92 Å². The van der Waals surface area contributed by atoms with Crippen molar-refractivity contribution in [2.75, 3.05) is 0 Å². The maximum atomic E-state index is 5.93. The zero-order valence-corrected chi connectivity index (χ0v) is 13.3. The lowest BCUT2D eigenvalue weighted by Gasteiger charge is -1.97. The monoisotopic (exact) mass is 332 g/mol. The molecular formula is C14H9ClN4S2. The first-order valence-electron chi connectivity index (χ1n) is 6.25. The van der Waals surface area contributed by atoms with Crippen molar-refractivity contribution in [3.05, 3.63) is 46.3 Å². The Balaban J connectivity index is 1.87. The smallest absolute Gasteiger partial charge is 0.182 e. The minimum Gasteiger partial charge on any atom is -0.182 e. The third-order valence-electron chi connectivity index (χ3n) is 3.15. The van der Waals surface area contributed by atoms with Crippen molar-refractivity contribution in [3.8, 4) is 21.3 Å². The van der Waals surface area contributed by atoms with Crippen molar-refractivity contribution in [1.82, 2.24) is 19.8 Å². The average Bonchev–Trinajstić information content (AvgIpc) is 3.14. The van der Waals surface area contributed by atoms with Crippen molar-refractivity contribution in [1.29, 1.82) is 0 Å². The maximum absolute atomic E-state index is 5.93. The van der Waals surface area contributed by atoms with Crippen molar-refractivity contribution < 1.29 is 0 Å². The van der Waals surface area contributed by atoms with Gasteiger partial charge in [-0.15, -0.1) is 21.5 Å². The van der Waals surface area contributed by atoms with E-state index < -0.39 is 0 Å². The molecule has 7 heteroatoms. The molecule has 3 heterocycles. The van der Waals surface area contributed by atoms with Gasteiger partial charge in [0, 0.05) is 10.6 Å². The fourth-order valence-electron chi connectivity index (χ4n) is 2.08. The fourth-order valence-corrected chi connectivity index (χ4v) is 4.12. The number of hydrogen-bond acceptors (Lipinski definition) is 5. The molecule has 0 aliphatic heterocycles. The molecule has 0 spiro atoms. The van der Waals surface area contributed by atoms with Crippen LogP contribution in [0.2, 0.25) is 5.02 Å². The van der Waals surface area contributed by atoms with Gasteiger partial charge < -0.3 is 0 Å². The van der Waals surface area contributed by atoms with Crippen molar-refractivity contribution >= 4 is 39.2 Å². The molecule has 21 heavy (non-hydrogen) atoms. The highest BCUT2D eigenvalue weighted by molar-refractivity contribution is 7.24. The van der Waals surface area contributed by atoms with E-state index in [2.05, 4.69) is 33.7 Å². The number of halogens is 1. The van der Waals surface area contributed by atoms with E-state index >= 15 is 0 Å². The summed E-state index contributed by atoms with van der Waals surface area (Å²) >= 11 is 9.17. The first-order chi connectivity index (χ1) is 10.2. The predicted molar refractivity (Wildman–Crippen MR) is 87.2 cm³/mol. The molecule has 0 unspecified atom stereocenters. The van der Waals surface area contributed by atoms with E-state index in [9.17, 15) is 0 Å². The number of nitrogens with zero attached hydrogens (tertiary/aromatic N) is 4. The van der Waals surface area contributed by atoms with Crippen LogP contribution in [0.1, 0.15) is 5.56 Å². The van der Waals surface area contributed by atoms with Gasteiger partial charge in [0.1, 0.15) is 0 Å². The minimum atomic E-state index is 0.702. The van der Waals surface area contributed by atoms with E-state index in [-0.39, 0.29) is 0 Å². The number of aryl methyl sites for hydroxylation is 1. The highest BCUT2D eigenvalue weighted by atomic mass is 35.5. The van der Waals surface area contributed by atoms with Gasteiger partial charge in [-0.3, -0.25) is 0 Å². The Kier molecular flexibility index (Phi) is 3.02. The Hall–Kier alpha value is -1.76. The van der Waals surface area contributed by atoms with Crippen LogP contribution >= 0.6 is 34.3 Å². The zero-order chi connectivity index (χ0) is 14.4. The highest BCUT2D eigenvalue weighted by Gasteiger charge is 2.16. The van der Waals surface area contributed by atoms with Gasteiger partial charge in [-0.05, 0) is 48.2 Å². The number of aromatic nitrogens is 4. The molecule has 0 saturated heterocycles. The van der Waals surface area contributed by atoms with Crippen LogP contribution in [-0.2, 0) is 0 Å². The summed E-state index contributed by atoms with van der Waals surface area (Å²) < 4.78 is 1.79. The summed E-state index contributed by atoms with van der Waals surface area (Å²) in [5.74, 6) is 0.735. The number of thiophene rings is 1. The topological polar surface area (TPSA) is 43.1 Å². The molecule has 0 atom stereocenters. The highest BCUT2D eigenvalue weighted by Crippen LogP contribution is 2.33. The van der Waals surface area contributed by atoms with Gasteiger partial charge in [-0.2, -0.15) is 9.61 Å². The fraction of sp³-hybridized carbons (Fsp3) is 0.0714. The number of benzene rings is 1. The molecule has 0 N–H and O–H groups in total. The van der Waals surface area contributed by atoms with Crippen LogP contribution in [0.4, 0.5) is 0 Å². The molecule has 0 aliphatic carbocycles. The molecule has 0 radical (unpaired) electrons. The molecule has 0 bridgehead atoms. The predicted octanol–water partition coefficient (Wildman–Crippen LogP) is 4.54. The summed E-state index contributed by atoms with van der Waals surface area (Å²) in [4.78, 5) is 1.98. The second kappa shape index (κ2) is 4.91. The Bertz CT molecular complexity index is 920. The zero-order valence-electron chi connectivity index (χ0n) is 10.9. The van der Waals surface area contributed by atoms with E-state index in [4.69, 9.17) is 11.6 Å². The Morgan fingerprint density at radius 1 is 1.10 bits per heavy atom. The Morgan fingerprint density at radius 2 is 1.90 bits per heavy atom. The van der Waals surface area contributed by atoms with Gasteiger partial charge in [0.15, 0.2) is 10.8 Å². The van der Waals surface area contributed by atoms with E-state index in [0.717, 1.165) is 21.4 Å². The van der Waals surface area contributed by atoms with Gasteiger partial charge in [-0.1, -0.05) is 22.9 Å². The summed E-state index contributed by atoms with van der Waals surface area (Å²) in [6.45, 7) is 2.09. The van der Waals surface area contributed by atoms with Crippen molar-refractivity contribution in [2.24, 2.45) is 0 Å². The third-order valence-corrected chi connectivity index (χ3v) is 5.47. The summed E-state index contributed by atoms with van der Waals surface area (Å²) in [6.07, 6.45) is 0. The largest absolute Gasteiger partial charge is 0.235 e. The number of rotatable bonds is 2. The number of hydrogen-bond donors (Lipinski definition) is 0. The Morgan fingerprint density at radius 3 is 2.62 bits per heavy atom. The second-order valence-electron chi connectivity index (χ2n) is 4.56. The van der Waals surface area contributed by atoms with Crippen LogP contribution < -0.4 is 0 Å².